The summed E-state index contributed by atoms with van der Waals surface area (Å²) < 4.78 is 0. The minimum atomic E-state index is 0.913. The molecule has 0 bridgehead atoms. The van der Waals surface area contributed by atoms with Crippen LogP contribution < -0.4 is 0 Å². The summed E-state index contributed by atoms with van der Waals surface area (Å²) in [5, 5.41) is 5.14. The number of benzene rings is 4. The zero-order chi connectivity index (χ0) is 17.2. The van der Waals surface area contributed by atoms with Crippen LogP contribution in [-0.2, 0) is 6.42 Å². The van der Waals surface area contributed by atoms with Crippen molar-refractivity contribution in [1.82, 2.24) is 0 Å². The summed E-state index contributed by atoms with van der Waals surface area (Å²) in [6.07, 6.45) is 4.77. The van der Waals surface area contributed by atoms with Gasteiger partial charge in [-0.05, 0) is 50.2 Å². The maximum atomic E-state index is 3.95. The second-order valence-electron chi connectivity index (χ2n) is 6.30. The molecule has 0 radical (unpaired) electrons. The molecular formula is C25H20. The van der Waals surface area contributed by atoms with E-state index in [0.29, 0.717) is 0 Å². The van der Waals surface area contributed by atoms with E-state index in [2.05, 4.69) is 86.0 Å². The molecule has 0 aliphatic heterocycles. The largest absolute Gasteiger partial charge is 0.0984 e. The highest BCUT2D eigenvalue weighted by molar-refractivity contribution is 5.95. The van der Waals surface area contributed by atoms with Crippen LogP contribution in [0.2, 0.25) is 0 Å². The van der Waals surface area contributed by atoms with E-state index in [4.69, 9.17) is 0 Å². The van der Waals surface area contributed by atoms with Crippen molar-refractivity contribution in [1.29, 1.82) is 0 Å². The maximum Gasteiger partial charge on any atom is -0.00134 e. The van der Waals surface area contributed by atoms with Crippen molar-refractivity contribution in [2.24, 2.45) is 0 Å². The smallest absolute Gasteiger partial charge is 0.00134 e. The SMILES string of the molecule is C=Cc1ccc(Cc2ccc(C=C)c3ccccc23)c2ccccc12. The van der Waals surface area contributed by atoms with Crippen LogP contribution in [0.15, 0.2) is 86.0 Å². The lowest BCUT2D eigenvalue weighted by molar-refractivity contribution is 1.23. The van der Waals surface area contributed by atoms with Gasteiger partial charge in [0.2, 0.25) is 0 Å². The first-order valence-corrected chi connectivity index (χ1v) is 8.58. The Morgan fingerprint density at radius 2 is 0.920 bits per heavy atom. The highest BCUT2D eigenvalue weighted by Crippen LogP contribution is 2.29. The molecular weight excluding hydrogens is 300 g/mol. The Morgan fingerprint density at radius 1 is 0.520 bits per heavy atom. The third-order valence-electron chi connectivity index (χ3n) is 4.92. The topological polar surface area (TPSA) is 0 Å². The van der Waals surface area contributed by atoms with Crippen molar-refractivity contribution in [3.8, 4) is 0 Å². The van der Waals surface area contributed by atoms with Crippen molar-refractivity contribution in [2.75, 3.05) is 0 Å². The van der Waals surface area contributed by atoms with Gasteiger partial charge in [-0.25, -0.2) is 0 Å². The zero-order valence-electron chi connectivity index (χ0n) is 14.2. The molecule has 0 spiro atoms. The highest BCUT2D eigenvalue weighted by atomic mass is 14.1. The van der Waals surface area contributed by atoms with Crippen LogP contribution in [0, 0.1) is 0 Å². The summed E-state index contributed by atoms with van der Waals surface area (Å²) in [7, 11) is 0. The van der Waals surface area contributed by atoms with Gasteiger partial charge in [0.1, 0.15) is 0 Å². The molecule has 0 unspecified atom stereocenters. The molecule has 4 rings (SSSR count). The van der Waals surface area contributed by atoms with Crippen LogP contribution in [0.5, 0.6) is 0 Å². The molecule has 0 fully saturated rings. The first-order chi connectivity index (χ1) is 12.3. The molecule has 0 N–H and O–H groups in total. The molecule has 4 aromatic carbocycles. The fourth-order valence-electron chi connectivity index (χ4n) is 3.64. The van der Waals surface area contributed by atoms with Gasteiger partial charge in [-0.1, -0.05) is 98.1 Å². The molecule has 0 aliphatic rings. The van der Waals surface area contributed by atoms with Gasteiger partial charge in [-0.15, -0.1) is 0 Å². The molecule has 0 nitrogen and oxygen atoms in total. The van der Waals surface area contributed by atoms with Crippen LogP contribution >= 0.6 is 0 Å². The zero-order valence-corrected chi connectivity index (χ0v) is 14.2. The van der Waals surface area contributed by atoms with Gasteiger partial charge in [0.25, 0.3) is 0 Å². The first-order valence-electron chi connectivity index (χ1n) is 8.58. The molecule has 0 saturated carbocycles. The maximum absolute atomic E-state index is 3.95. The Labute approximate surface area is 148 Å². The molecule has 0 aromatic heterocycles. The van der Waals surface area contributed by atoms with E-state index in [1.807, 2.05) is 12.2 Å². The number of rotatable bonds is 4. The third kappa shape index (κ3) is 2.66. The quantitative estimate of drug-likeness (QED) is 0.385. The molecule has 4 aromatic rings. The number of fused-ring (bicyclic) bond motifs is 2. The van der Waals surface area contributed by atoms with E-state index in [1.165, 1.54) is 43.8 Å². The second kappa shape index (κ2) is 6.41. The molecule has 0 heteroatoms. The van der Waals surface area contributed by atoms with E-state index >= 15 is 0 Å². The van der Waals surface area contributed by atoms with Gasteiger partial charge in [0.15, 0.2) is 0 Å². The van der Waals surface area contributed by atoms with Crippen LogP contribution in [0.25, 0.3) is 33.7 Å². The van der Waals surface area contributed by atoms with Crippen molar-refractivity contribution in [2.45, 2.75) is 6.42 Å². The van der Waals surface area contributed by atoms with Crippen LogP contribution in [0.4, 0.5) is 0 Å². The monoisotopic (exact) mass is 320 g/mol. The number of hydrogen-bond acceptors (Lipinski definition) is 0. The second-order valence-corrected chi connectivity index (χ2v) is 6.30. The molecule has 120 valence electrons. The van der Waals surface area contributed by atoms with E-state index in [0.717, 1.165) is 6.42 Å². The third-order valence-corrected chi connectivity index (χ3v) is 4.92. The van der Waals surface area contributed by atoms with E-state index in [-0.39, 0.29) is 0 Å². The fourth-order valence-corrected chi connectivity index (χ4v) is 3.64. The summed E-state index contributed by atoms with van der Waals surface area (Å²) in [6, 6.07) is 26.0. The molecule has 0 heterocycles. The normalized spacial score (nSPS) is 10.9. The predicted octanol–water partition coefficient (Wildman–Crippen LogP) is 6.87. The minimum absolute atomic E-state index is 0.913. The van der Waals surface area contributed by atoms with Crippen LogP contribution in [-0.4, -0.2) is 0 Å². The lowest BCUT2D eigenvalue weighted by atomic mass is 9.92. The Bertz CT molecular complexity index is 1010. The molecule has 0 saturated heterocycles. The highest BCUT2D eigenvalue weighted by Gasteiger charge is 2.08. The summed E-state index contributed by atoms with van der Waals surface area (Å²) in [5.74, 6) is 0. The summed E-state index contributed by atoms with van der Waals surface area (Å²) in [5.41, 5.74) is 5.06. The van der Waals surface area contributed by atoms with Crippen molar-refractivity contribution in [3.05, 3.63) is 108 Å². The van der Waals surface area contributed by atoms with Crippen molar-refractivity contribution < 1.29 is 0 Å². The Morgan fingerprint density at radius 3 is 1.32 bits per heavy atom. The predicted molar refractivity (Wildman–Crippen MR) is 111 cm³/mol. The van der Waals surface area contributed by atoms with Crippen LogP contribution in [0.3, 0.4) is 0 Å². The molecule has 0 aliphatic carbocycles. The Kier molecular flexibility index (Phi) is 3.95. The van der Waals surface area contributed by atoms with E-state index < -0.39 is 0 Å². The Balaban J connectivity index is 1.90. The Hall–Kier alpha value is -3.12. The average molecular weight is 320 g/mol. The lowest BCUT2D eigenvalue weighted by Gasteiger charge is -2.12. The van der Waals surface area contributed by atoms with Crippen LogP contribution in [0.1, 0.15) is 22.3 Å². The van der Waals surface area contributed by atoms with Gasteiger partial charge in [-0.2, -0.15) is 0 Å². The van der Waals surface area contributed by atoms with Gasteiger partial charge in [0.05, 0.1) is 0 Å². The fraction of sp³-hybridized carbons (Fsp3) is 0.0400. The standard InChI is InChI=1S/C25H20/c1-3-18-13-15-20(24-11-7-5-9-22(18)24)17-21-16-14-19(4-2)23-10-6-8-12-25(21)23/h3-16H,1-2,17H2. The van der Waals surface area contributed by atoms with E-state index in [1.54, 1.807) is 0 Å². The molecule has 25 heavy (non-hydrogen) atoms. The molecule has 0 amide bonds. The summed E-state index contributed by atoms with van der Waals surface area (Å²) in [6.45, 7) is 7.89. The average Bonchev–Trinajstić information content (AvgIpc) is 2.68. The van der Waals surface area contributed by atoms with Gasteiger partial charge >= 0.3 is 0 Å². The summed E-state index contributed by atoms with van der Waals surface area (Å²) in [4.78, 5) is 0. The van der Waals surface area contributed by atoms with Gasteiger partial charge in [0, 0.05) is 0 Å². The van der Waals surface area contributed by atoms with Gasteiger partial charge in [-0.3, -0.25) is 0 Å². The minimum Gasteiger partial charge on any atom is -0.0984 e. The first kappa shape index (κ1) is 15.4. The van der Waals surface area contributed by atoms with Crippen molar-refractivity contribution >= 4 is 33.7 Å². The van der Waals surface area contributed by atoms with Crippen molar-refractivity contribution in [3.63, 3.8) is 0 Å². The number of hydrogen-bond donors (Lipinski definition) is 0. The summed E-state index contributed by atoms with van der Waals surface area (Å²) >= 11 is 0. The lowest BCUT2D eigenvalue weighted by Crippen LogP contribution is -1.94. The molecule has 0 atom stereocenters. The van der Waals surface area contributed by atoms with Gasteiger partial charge < -0.3 is 0 Å². The van der Waals surface area contributed by atoms with E-state index in [9.17, 15) is 0 Å².